The van der Waals surface area contributed by atoms with Crippen LogP contribution in [0, 0.1) is 0 Å². The van der Waals surface area contributed by atoms with Gasteiger partial charge in [-0.3, -0.25) is 9.59 Å². The van der Waals surface area contributed by atoms with Crippen LogP contribution in [0.4, 0.5) is 0 Å². The molecule has 2 aliphatic rings. The molecule has 0 radical (unpaired) electrons. The zero-order chi connectivity index (χ0) is 20.4. The number of aromatic hydroxyl groups is 1. The van der Waals surface area contributed by atoms with Crippen LogP contribution < -0.4 is 21.0 Å². The second-order valence-corrected chi connectivity index (χ2v) is 7.33. The quantitative estimate of drug-likeness (QED) is 0.532. The van der Waals surface area contributed by atoms with Crippen LogP contribution in [-0.4, -0.2) is 21.8 Å². The highest BCUT2D eigenvalue weighted by Gasteiger charge is 2.34. The molecule has 5 nitrogen and oxygen atoms in total. The molecule has 1 aliphatic carbocycles. The normalized spacial score (nSPS) is 15.0. The van der Waals surface area contributed by atoms with Gasteiger partial charge in [0.15, 0.2) is 11.7 Å². The van der Waals surface area contributed by atoms with Crippen LogP contribution in [0.2, 0.25) is 0 Å². The minimum absolute atomic E-state index is 0.0663. The third-order valence-corrected chi connectivity index (χ3v) is 5.72. The summed E-state index contributed by atoms with van der Waals surface area (Å²) in [6.45, 7) is 0. The van der Waals surface area contributed by atoms with E-state index in [-0.39, 0.29) is 11.7 Å². The number of nitrogens with zero attached hydrogens (tertiary/aromatic N) is 1. The van der Waals surface area contributed by atoms with Crippen molar-refractivity contribution in [2.45, 2.75) is 0 Å². The number of hydrogen-bond donors (Lipinski definition) is 2. The molecule has 0 saturated carbocycles. The van der Waals surface area contributed by atoms with E-state index < -0.39 is 5.91 Å². The summed E-state index contributed by atoms with van der Waals surface area (Å²) in [5.74, 6) is -0.770. The number of benzene rings is 3. The van der Waals surface area contributed by atoms with Crippen LogP contribution >= 0.6 is 0 Å². The molecule has 3 aromatic carbocycles. The molecule has 1 aromatic heterocycles. The van der Waals surface area contributed by atoms with Crippen LogP contribution in [0.1, 0.15) is 5.56 Å². The first kappa shape index (κ1) is 16.7. The first-order chi connectivity index (χ1) is 14.6. The molecule has 2 heterocycles. The molecule has 5 heteroatoms. The molecule has 142 valence electrons. The molecule has 0 bridgehead atoms. The molecular weight excluding hydrogens is 376 g/mol. The molecule has 4 aromatic rings. The van der Waals surface area contributed by atoms with Gasteiger partial charge in [-0.15, -0.1) is 0 Å². The number of rotatable bonds is 2. The van der Waals surface area contributed by atoms with Crippen LogP contribution in [0.5, 0.6) is 5.88 Å². The smallest absolute Gasteiger partial charge is 0.279 e. The lowest BCUT2D eigenvalue weighted by Crippen LogP contribution is -2.27. The largest absolute Gasteiger partial charge is 0.494 e. The predicted molar refractivity (Wildman–Crippen MR) is 112 cm³/mol. The Kier molecular flexibility index (Phi) is 3.27. The number of fused-ring (bicyclic) bond motifs is 3. The van der Waals surface area contributed by atoms with Crippen molar-refractivity contribution in [2.24, 2.45) is 4.99 Å². The van der Waals surface area contributed by atoms with E-state index in [1.807, 2.05) is 66.7 Å². The van der Waals surface area contributed by atoms with E-state index in [4.69, 9.17) is 0 Å². The number of aromatic amines is 1. The Morgan fingerprint density at radius 3 is 2.13 bits per heavy atom. The maximum Gasteiger partial charge on any atom is 0.279 e. The Labute approximate surface area is 169 Å². The van der Waals surface area contributed by atoms with Gasteiger partial charge in [0.05, 0.1) is 16.5 Å². The SMILES string of the molecule is O=C1N=c2ccccc2=C1C1=c2ccccc2=C(c2c(O)[nH]c3ccccc23)C1=O. The highest BCUT2D eigenvalue weighted by Crippen LogP contribution is 2.35. The fourth-order valence-corrected chi connectivity index (χ4v) is 4.47. The molecular formula is C25H14N2O3. The molecule has 2 N–H and O–H groups in total. The lowest BCUT2D eigenvalue weighted by molar-refractivity contribution is -0.113. The summed E-state index contributed by atoms with van der Waals surface area (Å²) in [5, 5.41) is 14.0. The van der Waals surface area contributed by atoms with Crippen molar-refractivity contribution in [3.8, 4) is 5.88 Å². The average Bonchev–Trinajstić information content (AvgIpc) is 3.35. The van der Waals surface area contributed by atoms with Gasteiger partial charge in [0.2, 0.25) is 0 Å². The number of Topliss-reactive ketones (excluding diaryl/α,β-unsaturated/α-hetero) is 1. The lowest BCUT2D eigenvalue weighted by atomic mass is 9.94. The number of aromatic nitrogens is 1. The molecule has 30 heavy (non-hydrogen) atoms. The van der Waals surface area contributed by atoms with Crippen LogP contribution in [0.3, 0.4) is 0 Å². The molecule has 0 atom stereocenters. The van der Waals surface area contributed by atoms with Gasteiger partial charge >= 0.3 is 0 Å². The van der Waals surface area contributed by atoms with E-state index in [0.717, 1.165) is 10.9 Å². The maximum absolute atomic E-state index is 13.8. The number of amides is 1. The molecule has 0 fully saturated rings. The minimum atomic E-state index is -0.418. The molecule has 0 unspecified atom stereocenters. The number of ketones is 1. The first-order valence-corrected chi connectivity index (χ1v) is 9.56. The topological polar surface area (TPSA) is 82.5 Å². The summed E-state index contributed by atoms with van der Waals surface area (Å²) in [6, 6.07) is 22.0. The van der Waals surface area contributed by atoms with Gasteiger partial charge in [-0.05, 0) is 22.6 Å². The fourth-order valence-electron chi connectivity index (χ4n) is 4.47. The third-order valence-electron chi connectivity index (χ3n) is 5.72. The number of nitrogens with one attached hydrogen (secondary N) is 1. The monoisotopic (exact) mass is 390 g/mol. The number of carbonyl (C=O) groups excluding carboxylic acids is 2. The standard InChI is InChI=1S/C25H14N2O3/c28-23-19(21-15-9-3-5-11-17(15)26-24(21)29)13-7-1-2-8-14(13)20(23)22-16-10-4-6-12-18(16)27-25(22)30/h1-12,26,29H. The van der Waals surface area contributed by atoms with E-state index in [1.54, 1.807) is 6.07 Å². The van der Waals surface area contributed by atoms with Crippen molar-refractivity contribution in [1.82, 2.24) is 4.98 Å². The van der Waals surface area contributed by atoms with Gasteiger partial charge in [-0.2, -0.15) is 0 Å². The third kappa shape index (κ3) is 2.09. The summed E-state index contributed by atoms with van der Waals surface area (Å²) in [5.41, 5.74) is 2.23. The van der Waals surface area contributed by atoms with Crippen molar-refractivity contribution >= 4 is 39.3 Å². The second kappa shape index (κ2) is 5.87. The number of para-hydroxylation sites is 2. The Morgan fingerprint density at radius 1 is 0.700 bits per heavy atom. The van der Waals surface area contributed by atoms with Crippen molar-refractivity contribution < 1.29 is 14.7 Å². The number of carbonyl (C=O) groups is 2. The second-order valence-electron chi connectivity index (χ2n) is 7.33. The van der Waals surface area contributed by atoms with Gasteiger partial charge in [-0.25, -0.2) is 4.99 Å². The molecule has 0 saturated heterocycles. The van der Waals surface area contributed by atoms with Gasteiger partial charge in [-0.1, -0.05) is 60.7 Å². The van der Waals surface area contributed by atoms with Crippen molar-refractivity contribution in [3.05, 3.63) is 99.4 Å². The van der Waals surface area contributed by atoms with E-state index in [0.29, 0.717) is 43.3 Å². The van der Waals surface area contributed by atoms with Gasteiger partial charge < -0.3 is 10.1 Å². The summed E-state index contributed by atoms with van der Waals surface area (Å²) < 4.78 is 0. The lowest BCUT2D eigenvalue weighted by Gasteiger charge is -2.05. The van der Waals surface area contributed by atoms with Crippen LogP contribution in [0.15, 0.2) is 77.8 Å². The number of H-pyrrole nitrogens is 1. The summed E-state index contributed by atoms with van der Waals surface area (Å²) >= 11 is 0. The van der Waals surface area contributed by atoms with E-state index in [2.05, 4.69) is 9.98 Å². The predicted octanol–water partition coefficient (Wildman–Crippen LogP) is 0.817. The maximum atomic E-state index is 13.8. The van der Waals surface area contributed by atoms with Crippen LogP contribution in [-0.2, 0) is 9.59 Å². The summed E-state index contributed by atoms with van der Waals surface area (Å²) in [6.07, 6.45) is 0. The van der Waals surface area contributed by atoms with Crippen molar-refractivity contribution in [2.75, 3.05) is 0 Å². The van der Waals surface area contributed by atoms with E-state index >= 15 is 0 Å². The Hall–Kier alpha value is -4.25. The highest BCUT2D eigenvalue weighted by molar-refractivity contribution is 6.55. The molecule has 1 aliphatic heterocycles. The van der Waals surface area contributed by atoms with Gasteiger partial charge in [0, 0.05) is 27.3 Å². The molecule has 6 rings (SSSR count). The van der Waals surface area contributed by atoms with Gasteiger partial charge in [0.25, 0.3) is 5.91 Å². The highest BCUT2D eigenvalue weighted by atomic mass is 16.3. The fraction of sp³-hybridized carbons (Fsp3) is 0. The van der Waals surface area contributed by atoms with Crippen LogP contribution in [0.25, 0.3) is 27.6 Å². The summed E-state index contributed by atoms with van der Waals surface area (Å²) in [4.78, 5) is 33.7. The summed E-state index contributed by atoms with van der Waals surface area (Å²) in [7, 11) is 0. The minimum Gasteiger partial charge on any atom is -0.494 e. The van der Waals surface area contributed by atoms with Crippen molar-refractivity contribution in [1.29, 1.82) is 0 Å². The molecule has 0 spiro atoms. The number of hydrogen-bond acceptors (Lipinski definition) is 3. The average molecular weight is 390 g/mol. The molecule has 1 amide bonds. The zero-order valence-corrected chi connectivity index (χ0v) is 15.6. The van der Waals surface area contributed by atoms with E-state index in [9.17, 15) is 14.7 Å². The Morgan fingerprint density at radius 2 is 1.33 bits per heavy atom. The van der Waals surface area contributed by atoms with Crippen molar-refractivity contribution in [3.63, 3.8) is 0 Å². The zero-order valence-electron chi connectivity index (χ0n) is 15.6. The Bertz CT molecular complexity index is 1690. The van der Waals surface area contributed by atoms with E-state index in [1.165, 1.54) is 0 Å². The first-order valence-electron chi connectivity index (χ1n) is 9.56. The Balaban J connectivity index is 1.77. The van der Waals surface area contributed by atoms with Gasteiger partial charge in [0.1, 0.15) is 0 Å².